The second-order valence-corrected chi connectivity index (χ2v) is 17.6. The van der Waals surface area contributed by atoms with E-state index in [9.17, 15) is 48.1 Å². The van der Waals surface area contributed by atoms with E-state index in [4.69, 9.17) is 34.0 Å². The summed E-state index contributed by atoms with van der Waals surface area (Å²) in [5.74, 6) is -7.37. The van der Waals surface area contributed by atoms with Crippen LogP contribution < -0.4 is 5.32 Å². The predicted molar refractivity (Wildman–Crippen MR) is 207 cm³/mol. The minimum Gasteiger partial charge on any atom is -0.456 e. The molecular formula is C41H50F2N4O15. The number of Topliss-reactive ketones (excluding diaryl/α,β-unsaturated/α-hetero) is 1. The second kappa shape index (κ2) is 17.0. The number of hydrogen-bond acceptors (Lipinski definition) is 16. The molecule has 3 fully saturated rings. The Morgan fingerprint density at radius 1 is 1.08 bits per heavy atom. The summed E-state index contributed by atoms with van der Waals surface area (Å²) in [7, 11) is 0. The Hall–Kier alpha value is -5.47. The standard InChI is InChI=1S/C41H50F2N4O15/c1-18-24(59-35(54)29(51)23(14-27(42)43)45-36(55)62-37(4,5)6)16-41(56)33(60-34(53)21-11-10-12-22(13-21)46-47-44)31-39(9,25(50)15-26-40(31,17-57-26)61-20(3)49)32(52)30(58-19(2)48)28(18)38(41,7)8/h10-14,23-26,29-31,33,50-51,56H,15-17H2,1-9H3,(H,45,55)/t23-,24-,25-,26+,29+,30+,31-,33-,39+,40-,41+/m0/s1. The van der Waals surface area contributed by atoms with Crippen LogP contribution in [-0.2, 0) is 47.6 Å². The number of ketones is 1. The van der Waals surface area contributed by atoms with Gasteiger partial charge in [0.1, 0.15) is 29.5 Å². The largest absolute Gasteiger partial charge is 0.456 e. The molecule has 4 N–H and O–H groups in total. The molecule has 1 aromatic rings. The summed E-state index contributed by atoms with van der Waals surface area (Å²) in [4.78, 5) is 84.7. The first-order valence-corrected chi connectivity index (χ1v) is 19.6. The maximum absolute atomic E-state index is 15.4. The average molecular weight is 877 g/mol. The maximum Gasteiger partial charge on any atom is 0.408 e. The van der Waals surface area contributed by atoms with Gasteiger partial charge < -0.3 is 49.1 Å². The van der Waals surface area contributed by atoms with Gasteiger partial charge in [-0.25, -0.2) is 14.4 Å². The van der Waals surface area contributed by atoms with Gasteiger partial charge in [-0.1, -0.05) is 31.1 Å². The Bertz CT molecular complexity index is 2150. The number of carbonyl (C=O) groups is 6. The van der Waals surface area contributed by atoms with Crippen LogP contribution >= 0.6 is 0 Å². The quantitative estimate of drug-likeness (QED) is 0.0641. The molecule has 1 aliphatic heterocycles. The van der Waals surface area contributed by atoms with Crippen LogP contribution in [0, 0.1) is 16.7 Å². The van der Waals surface area contributed by atoms with Crippen LogP contribution in [0.3, 0.4) is 0 Å². The van der Waals surface area contributed by atoms with Crippen LogP contribution in [-0.4, -0.2) is 117 Å². The number of amides is 1. The van der Waals surface area contributed by atoms with Gasteiger partial charge in [0.15, 0.2) is 23.6 Å². The number of alkyl carbamates (subject to hydrolysis) is 1. The number of carbonyl (C=O) groups excluding carboxylic acids is 6. The third-order valence-electron chi connectivity index (χ3n) is 12.2. The Labute approximate surface area is 354 Å². The predicted octanol–water partition coefficient (Wildman–Crippen LogP) is 4.18. The lowest BCUT2D eigenvalue weighted by molar-refractivity contribution is -0.346. The molecule has 1 aromatic carbocycles. The summed E-state index contributed by atoms with van der Waals surface area (Å²) in [6.45, 7) is 11.6. The third kappa shape index (κ3) is 8.51. The second-order valence-electron chi connectivity index (χ2n) is 17.6. The highest BCUT2D eigenvalue weighted by molar-refractivity contribution is 5.95. The van der Waals surface area contributed by atoms with Gasteiger partial charge in [0.25, 0.3) is 6.08 Å². The number of benzene rings is 1. The minimum absolute atomic E-state index is 0.00850. The molecule has 1 heterocycles. The molecule has 0 spiro atoms. The number of azide groups is 1. The monoisotopic (exact) mass is 876 g/mol. The smallest absolute Gasteiger partial charge is 0.408 e. The van der Waals surface area contributed by atoms with Crippen molar-refractivity contribution >= 4 is 41.4 Å². The lowest BCUT2D eigenvalue weighted by Crippen LogP contribution is -2.82. The van der Waals surface area contributed by atoms with Gasteiger partial charge in [0, 0.05) is 48.8 Å². The van der Waals surface area contributed by atoms with Gasteiger partial charge in [-0.05, 0) is 63.4 Å². The molecular weight excluding hydrogens is 826 g/mol. The summed E-state index contributed by atoms with van der Waals surface area (Å²) in [6.07, 6.45) is -15.8. The van der Waals surface area contributed by atoms with Crippen molar-refractivity contribution in [3.05, 3.63) is 63.6 Å². The van der Waals surface area contributed by atoms with Crippen molar-refractivity contribution < 1.29 is 81.3 Å². The molecule has 3 aliphatic carbocycles. The fourth-order valence-corrected chi connectivity index (χ4v) is 9.34. The van der Waals surface area contributed by atoms with Gasteiger partial charge >= 0.3 is 30.0 Å². The van der Waals surface area contributed by atoms with Crippen molar-refractivity contribution in [3.8, 4) is 0 Å². The summed E-state index contributed by atoms with van der Waals surface area (Å²) in [5, 5.41) is 42.2. The van der Waals surface area contributed by atoms with Gasteiger partial charge in [-0.2, -0.15) is 8.78 Å². The summed E-state index contributed by atoms with van der Waals surface area (Å²) in [5.41, 5.74) is -1.02. The Morgan fingerprint density at radius 3 is 2.29 bits per heavy atom. The number of esters is 4. The number of aliphatic hydroxyl groups is 3. The lowest BCUT2D eigenvalue weighted by Gasteiger charge is -2.67. The van der Waals surface area contributed by atoms with E-state index in [2.05, 4.69) is 10.0 Å². The highest BCUT2D eigenvalue weighted by atomic mass is 19.3. The first kappa shape index (κ1) is 47.6. The summed E-state index contributed by atoms with van der Waals surface area (Å²) in [6, 6.07) is 3.10. The van der Waals surface area contributed by atoms with E-state index in [1.54, 1.807) is 0 Å². The van der Waals surface area contributed by atoms with Crippen molar-refractivity contribution in [2.24, 2.45) is 21.9 Å². The third-order valence-corrected chi connectivity index (χ3v) is 12.2. The van der Waals surface area contributed by atoms with Crippen molar-refractivity contribution in [1.82, 2.24) is 5.32 Å². The van der Waals surface area contributed by atoms with Crippen molar-refractivity contribution in [2.45, 2.75) is 135 Å². The average Bonchev–Trinajstić information content (AvgIpc) is 3.14. The SMILES string of the molecule is CC(=O)O[C@H]1C(=O)[C@@]2(C)[C@H]([C@H](OC(=O)c3cccc(N=[N+]=[N-])c3)[C@]3(O)C[C@H](OC(=O)[C@H](O)[C@H](C=C(F)F)NC(=O)OC(C)(C)C)C(C)=C1C3(C)C)[C@]1(OC(C)=O)CO[C@@H]1C[C@@H]2O. The van der Waals surface area contributed by atoms with E-state index in [0.29, 0.717) is 0 Å². The molecule has 62 heavy (non-hydrogen) atoms. The number of aliphatic hydroxyl groups excluding tert-OH is 2. The van der Waals surface area contributed by atoms with Crippen LogP contribution in [0.2, 0.25) is 0 Å². The van der Waals surface area contributed by atoms with Gasteiger partial charge in [0.05, 0.1) is 35.6 Å². The molecule has 1 amide bonds. The zero-order valence-corrected chi connectivity index (χ0v) is 35.5. The highest BCUT2D eigenvalue weighted by Crippen LogP contribution is 2.64. The number of hydrogen-bond donors (Lipinski definition) is 4. The normalized spacial score (nSPS) is 31.9. The number of nitrogens with zero attached hydrogens (tertiary/aromatic N) is 3. The first-order chi connectivity index (χ1) is 28.6. The van der Waals surface area contributed by atoms with Crippen LogP contribution in [0.25, 0.3) is 10.4 Å². The van der Waals surface area contributed by atoms with Crippen molar-refractivity contribution in [2.75, 3.05) is 6.61 Å². The van der Waals surface area contributed by atoms with E-state index >= 15 is 4.79 Å². The van der Waals surface area contributed by atoms with Crippen LogP contribution in [0.4, 0.5) is 19.3 Å². The molecule has 0 aromatic heterocycles. The van der Waals surface area contributed by atoms with Gasteiger partial charge in [-0.3, -0.25) is 14.4 Å². The molecule has 2 saturated carbocycles. The van der Waals surface area contributed by atoms with Crippen molar-refractivity contribution in [1.29, 1.82) is 0 Å². The summed E-state index contributed by atoms with van der Waals surface area (Å²) >= 11 is 0. The van der Waals surface area contributed by atoms with Crippen molar-refractivity contribution in [3.63, 3.8) is 0 Å². The Balaban J connectivity index is 1.75. The lowest BCUT2D eigenvalue weighted by atomic mass is 9.44. The number of rotatable bonds is 10. The number of nitrogens with one attached hydrogen (secondary N) is 1. The molecule has 0 radical (unpaired) electrons. The highest BCUT2D eigenvalue weighted by Gasteiger charge is 2.78. The molecule has 5 rings (SSSR count). The first-order valence-electron chi connectivity index (χ1n) is 19.6. The van der Waals surface area contributed by atoms with Crippen LogP contribution in [0.1, 0.15) is 85.5 Å². The molecule has 0 unspecified atom stereocenters. The summed E-state index contributed by atoms with van der Waals surface area (Å²) < 4.78 is 61.9. The van der Waals surface area contributed by atoms with Crippen LogP contribution in [0.5, 0.6) is 0 Å². The van der Waals surface area contributed by atoms with Gasteiger partial charge in [-0.15, -0.1) is 0 Å². The van der Waals surface area contributed by atoms with E-state index in [1.807, 2.05) is 5.32 Å². The molecule has 4 aliphatic rings. The van der Waals surface area contributed by atoms with Gasteiger partial charge in [0.2, 0.25) is 0 Å². The maximum atomic E-state index is 15.4. The fraction of sp³-hybridized carbons (Fsp3) is 0.610. The zero-order chi connectivity index (χ0) is 46.5. The van der Waals surface area contributed by atoms with Crippen LogP contribution in [0.15, 0.2) is 52.7 Å². The number of halogens is 2. The molecule has 1 saturated heterocycles. The Kier molecular flexibility index (Phi) is 13.1. The number of fused-ring (bicyclic) bond motifs is 5. The fourth-order valence-electron chi connectivity index (χ4n) is 9.34. The van der Waals surface area contributed by atoms with E-state index in [0.717, 1.165) is 13.8 Å². The minimum atomic E-state index is -2.59. The van der Waals surface area contributed by atoms with E-state index in [-0.39, 0.29) is 34.9 Å². The zero-order valence-electron chi connectivity index (χ0n) is 35.5. The molecule has 338 valence electrons. The molecule has 2 bridgehead atoms. The topological polar surface area (TPSA) is 279 Å². The Morgan fingerprint density at radius 2 is 1.74 bits per heavy atom. The van der Waals surface area contributed by atoms with E-state index in [1.165, 1.54) is 72.7 Å². The number of ether oxygens (including phenoxy) is 6. The molecule has 21 heteroatoms. The molecule has 11 atom stereocenters. The molecule has 19 nitrogen and oxygen atoms in total. The van der Waals surface area contributed by atoms with E-state index < -0.39 is 131 Å².